The van der Waals surface area contributed by atoms with E-state index in [1.165, 1.54) is 0 Å². The molecule has 1 N–H and O–H groups in total. The lowest BCUT2D eigenvalue weighted by molar-refractivity contribution is -0.591. The van der Waals surface area contributed by atoms with Crippen molar-refractivity contribution in [1.82, 2.24) is 0 Å². The Bertz CT molecular complexity index is 800. The van der Waals surface area contributed by atoms with Gasteiger partial charge in [-0.15, -0.1) is 0 Å². The molecule has 2 aromatic carbocycles. The first kappa shape index (κ1) is 15.1. The summed E-state index contributed by atoms with van der Waals surface area (Å²) in [7, 11) is 0. The molecule has 2 aromatic rings. The Morgan fingerprint density at radius 2 is 1.92 bits per heavy atom. The lowest BCUT2D eigenvalue weighted by Crippen LogP contribution is -2.49. The van der Waals surface area contributed by atoms with Crippen LogP contribution in [0.1, 0.15) is 29.0 Å². The zero-order valence-corrected chi connectivity index (χ0v) is 13.4. The molecule has 0 radical (unpaired) electrons. The zero-order valence-electron chi connectivity index (χ0n) is 13.4. The monoisotopic (exact) mass is 322 g/mol. The number of nitroso groups, excluding NO2 is 1. The van der Waals surface area contributed by atoms with Gasteiger partial charge in [-0.05, 0) is 41.7 Å². The third-order valence-electron chi connectivity index (χ3n) is 5.45. The molecule has 1 saturated heterocycles. The van der Waals surface area contributed by atoms with E-state index in [-0.39, 0.29) is 36.0 Å². The topological polar surface area (TPSA) is 57.4 Å². The van der Waals surface area contributed by atoms with Crippen LogP contribution in [0.5, 0.6) is 5.75 Å². The lowest BCUT2D eigenvalue weighted by atomic mass is 9.67. The highest BCUT2D eigenvalue weighted by molar-refractivity contribution is 5.88. The summed E-state index contributed by atoms with van der Waals surface area (Å²) in [4.78, 5) is 25.1. The SMILES string of the molecule is O=C1C[N+](=O)C(Cc2ccccc2)C2CCc3cc(O)ccc3C12. The van der Waals surface area contributed by atoms with Crippen molar-refractivity contribution in [3.05, 3.63) is 70.1 Å². The Morgan fingerprint density at radius 3 is 2.71 bits per heavy atom. The molecular formula is C20H20NO3+. The molecule has 1 heterocycles. The second-order valence-corrected chi connectivity index (χ2v) is 6.86. The van der Waals surface area contributed by atoms with Crippen LogP contribution in [0, 0.1) is 10.8 Å². The van der Waals surface area contributed by atoms with Gasteiger partial charge in [-0.1, -0.05) is 36.4 Å². The number of aryl methyl sites for hydroxylation is 1. The number of phenolic OH excluding ortho intramolecular Hbond substituents is 1. The van der Waals surface area contributed by atoms with Crippen LogP contribution in [0.15, 0.2) is 48.5 Å². The Balaban J connectivity index is 1.69. The number of carbonyl (C=O) groups excluding carboxylic acids is 1. The van der Waals surface area contributed by atoms with Crippen LogP contribution in [-0.4, -0.2) is 28.2 Å². The molecule has 4 rings (SSSR count). The van der Waals surface area contributed by atoms with Crippen molar-refractivity contribution in [1.29, 1.82) is 0 Å². The number of benzene rings is 2. The van der Waals surface area contributed by atoms with Gasteiger partial charge in [0.15, 0.2) is 0 Å². The maximum absolute atomic E-state index is 12.6. The zero-order chi connectivity index (χ0) is 16.7. The second kappa shape index (κ2) is 5.86. The highest BCUT2D eigenvalue weighted by Crippen LogP contribution is 2.43. The van der Waals surface area contributed by atoms with Crippen molar-refractivity contribution in [3.8, 4) is 5.75 Å². The van der Waals surface area contributed by atoms with Crippen LogP contribution < -0.4 is 0 Å². The van der Waals surface area contributed by atoms with Gasteiger partial charge < -0.3 is 5.11 Å². The van der Waals surface area contributed by atoms with Crippen molar-refractivity contribution < 1.29 is 14.7 Å². The van der Waals surface area contributed by atoms with E-state index in [0.29, 0.717) is 6.42 Å². The minimum atomic E-state index is -0.215. The van der Waals surface area contributed by atoms with Gasteiger partial charge >= 0.3 is 0 Å². The summed E-state index contributed by atoms with van der Waals surface area (Å²) in [5, 5.41) is 9.70. The number of hydrogen-bond acceptors (Lipinski definition) is 3. The number of hydrogen-bond donors (Lipinski definition) is 1. The highest BCUT2D eigenvalue weighted by atomic mass is 16.3. The lowest BCUT2D eigenvalue weighted by Gasteiger charge is -2.36. The molecule has 4 heteroatoms. The first-order chi connectivity index (χ1) is 11.6. The van der Waals surface area contributed by atoms with Crippen LogP contribution in [-0.2, 0) is 17.6 Å². The molecule has 0 spiro atoms. The number of phenols is 1. The van der Waals surface area contributed by atoms with Crippen molar-refractivity contribution in [2.45, 2.75) is 31.2 Å². The molecule has 0 aromatic heterocycles. The van der Waals surface area contributed by atoms with E-state index in [9.17, 15) is 14.8 Å². The van der Waals surface area contributed by atoms with Crippen molar-refractivity contribution >= 4 is 5.78 Å². The van der Waals surface area contributed by atoms with Gasteiger partial charge in [0.05, 0.1) is 5.92 Å². The summed E-state index contributed by atoms with van der Waals surface area (Å²) in [6.45, 7) is -0.0427. The van der Waals surface area contributed by atoms with Crippen LogP contribution in [0.25, 0.3) is 0 Å². The van der Waals surface area contributed by atoms with E-state index in [0.717, 1.165) is 34.3 Å². The van der Waals surface area contributed by atoms with Gasteiger partial charge in [0.2, 0.25) is 18.4 Å². The Morgan fingerprint density at radius 1 is 1.12 bits per heavy atom. The van der Waals surface area contributed by atoms with Crippen LogP contribution >= 0.6 is 0 Å². The predicted molar refractivity (Wildman–Crippen MR) is 90.1 cm³/mol. The molecule has 0 saturated carbocycles. The fourth-order valence-electron chi connectivity index (χ4n) is 4.35. The quantitative estimate of drug-likeness (QED) is 0.865. The highest BCUT2D eigenvalue weighted by Gasteiger charge is 2.51. The third-order valence-corrected chi connectivity index (χ3v) is 5.45. The Labute approximate surface area is 140 Å². The van der Waals surface area contributed by atoms with Gasteiger partial charge in [0, 0.05) is 22.0 Å². The minimum absolute atomic E-state index is 0.00551. The number of Topliss-reactive ketones (excluding diaryl/α,β-unsaturated/α-hetero) is 1. The summed E-state index contributed by atoms with van der Waals surface area (Å²) in [6, 6.07) is 15.1. The number of piperidine rings is 1. The number of aromatic hydroxyl groups is 1. The van der Waals surface area contributed by atoms with E-state index in [2.05, 4.69) is 0 Å². The number of fused-ring (bicyclic) bond motifs is 3. The molecule has 3 unspecified atom stereocenters. The number of ketones is 1. The molecule has 4 nitrogen and oxygen atoms in total. The maximum Gasteiger partial charge on any atom is 0.250 e. The van der Waals surface area contributed by atoms with Crippen molar-refractivity contribution in [2.24, 2.45) is 5.92 Å². The summed E-state index contributed by atoms with van der Waals surface area (Å²) in [5.74, 6) is 0.0713. The number of nitrogens with zero attached hydrogens (tertiary/aromatic N) is 1. The van der Waals surface area contributed by atoms with Crippen molar-refractivity contribution in [2.75, 3.05) is 6.54 Å². The molecule has 122 valence electrons. The summed E-state index contributed by atoms with van der Waals surface area (Å²) in [6.07, 6.45) is 2.28. The minimum Gasteiger partial charge on any atom is -0.508 e. The second-order valence-electron chi connectivity index (χ2n) is 6.86. The van der Waals surface area contributed by atoms with Crippen LogP contribution in [0.3, 0.4) is 0 Å². The van der Waals surface area contributed by atoms with Crippen LogP contribution in [0.4, 0.5) is 0 Å². The molecule has 0 amide bonds. The van der Waals surface area contributed by atoms with E-state index in [1.807, 2.05) is 36.4 Å². The normalized spacial score (nSPS) is 25.9. The van der Waals surface area contributed by atoms with Gasteiger partial charge in [-0.25, -0.2) is 0 Å². The summed E-state index contributed by atoms with van der Waals surface area (Å²) < 4.78 is 0.988. The van der Waals surface area contributed by atoms with Gasteiger partial charge in [0.25, 0.3) is 0 Å². The fraction of sp³-hybridized carbons (Fsp3) is 0.350. The van der Waals surface area contributed by atoms with Gasteiger partial charge in [0.1, 0.15) is 5.75 Å². The Hall–Kier alpha value is -2.49. The molecule has 1 aliphatic carbocycles. The summed E-state index contributed by atoms with van der Waals surface area (Å²) in [5.41, 5.74) is 3.18. The predicted octanol–water partition coefficient (Wildman–Crippen LogP) is 3.01. The molecule has 3 atom stereocenters. The maximum atomic E-state index is 12.6. The fourth-order valence-corrected chi connectivity index (χ4v) is 4.35. The average molecular weight is 322 g/mol. The first-order valence-electron chi connectivity index (χ1n) is 8.45. The number of carbonyl (C=O) groups is 1. The molecule has 1 fully saturated rings. The standard InChI is InChI=1S/C20H19NO3/c22-15-7-9-16-14(11-15)6-8-17-18(10-13-4-2-1-3-5-13)21(24)12-19(23)20(16)17/h1-5,7,9,11,17-18,20H,6,8,10,12H2/p+1. The molecule has 1 aliphatic heterocycles. The van der Waals surface area contributed by atoms with E-state index in [1.54, 1.807) is 12.1 Å². The van der Waals surface area contributed by atoms with Gasteiger partial charge in [-0.2, -0.15) is 0 Å². The van der Waals surface area contributed by atoms with E-state index in [4.69, 9.17) is 0 Å². The summed E-state index contributed by atoms with van der Waals surface area (Å²) >= 11 is 0. The van der Waals surface area contributed by atoms with Crippen LogP contribution in [0.2, 0.25) is 0 Å². The smallest absolute Gasteiger partial charge is 0.250 e. The molecule has 2 aliphatic rings. The third kappa shape index (κ3) is 2.52. The van der Waals surface area contributed by atoms with Gasteiger partial charge in [-0.3, -0.25) is 4.79 Å². The van der Waals surface area contributed by atoms with E-state index >= 15 is 0 Å². The molecule has 0 bridgehead atoms. The van der Waals surface area contributed by atoms with E-state index < -0.39 is 0 Å². The largest absolute Gasteiger partial charge is 0.508 e. The molecule has 24 heavy (non-hydrogen) atoms. The first-order valence-corrected chi connectivity index (χ1v) is 8.45. The average Bonchev–Trinajstić information content (AvgIpc) is 2.58. The number of rotatable bonds is 2. The van der Waals surface area contributed by atoms with Crippen molar-refractivity contribution in [3.63, 3.8) is 0 Å². The molecular weight excluding hydrogens is 302 g/mol. The Kier molecular flexibility index (Phi) is 3.68.